The molecule has 4 rings (SSSR count). The van der Waals surface area contributed by atoms with Crippen LogP contribution in [0.5, 0.6) is 0 Å². The average Bonchev–Trinajstić information content (AvgIpc) is 3.03. The Balaban J connectivity index is 1.40. The number of fused-ring (bicyclic) bond motifs is 1. The van der Waals surface area contributed by atoms with E-state index in [2.05, 4.69) is 28.0 Å². The van der Waals surface area contributed by atoms with Gasteiger partial charge in [-0.15, -0.1) is 0 Å². The number of rotatable bonds is 3. The summed E-state index contributed by atoms with van der Waals surface area (Å²) in [5.74, 6) is 0. The minimum Gasteiger partial charge on any atom is -0.345 e. The maximum absolute atomic E-state index is 6.11. The molecule has 1 aliphatic heterocycles. The smallest absolute Gasteiger partial charge is 0.186 e. The van der Waals surface area contributed by atoms with Crippen LogP contribution in [-0.2, 0) is 6.54 Å². The summed E-state index contributed by atoms with van der Waals surface area (Å²) in [4.78, 5) is 9.59. The van der Waals surface area contributed by atoms with Gasteiger partial charge in [0.2, 0.25) is 0 Å². The fourth-order valence-corrected chi connectivity index (χ4v) is 4.33. The lowest BCUT2D eigenvalue weighted by atomic mass is 10.2. The number of nitrogens with zero attached hydrogens (tertiary/aromatic N) is 3. The molecule has 2 heterocycles. The molecule has 1 fully saturated rings. The van der Waals surface area contributed by atoms with Crippen molar-refractivity contribution in [3.05, 3.63) is 58.1 Å². The van der Waals surface area contributed by atoms with Gasteiger partial charge in [-0.05, 0) is 29.8 Å². The third kappa shape index (κ3) is 3.38. The van der Waals surface area contributed by atoms with Gasteiger partial charge in [-0.2, -0.15) is 0 Å². The van der Waals surface area contributed by atoms with Crippen LogP contribution in [0, 0.1) is 0 Å². The molecule has 0 N–H and O–H groups in total. The summed E-state index contributed by atoms with van der Waals surface area (Å²) in [7, 11) is 0. The Bertz CT molecular complexity index is 823. The number of halogens is 2. The standard InChI is InChI=1S/C18H17Cl2N3S/c19-14-6-5-13(11-15(14)20)12-22-7-9-23(10-8-22)18-21-16-3-1-2-4-17(16)24-18/h1-6,11H,7-10,12H2. The van der Waals surface area contributed by atoms with Crippen molar-refractivity contribution in [2.75, 3.05) is 31.1 Å². The molecule has 0 spiro atoms. The normalized spacial score (nSPS) is 16.0. The first-order valence-corrected chi connectivity index (χ1v) is 9.53. The molecule has 0 amide bonds. The van der Waals surface area contributed by atoms with Crippen LogP contribution in [0.3, 0.4) is 0 Å². The first kappa shape index (κ1) is 16.2. The molecular weight excluding hydrogens is 361 g/mol. The Morgan fingerprint density at radius 2 is 1.75 bits per heavy atom. The van der Waals surface area contributed by atoms with Crippen LogP contribution in [0.25, 0.3) is 10.2 Å². The molecule has 2 aromatic carbocycles. The molecule has 124 valence electrons. The minimum absolute atomic E-state index is 0.612. The zero-order chi connectivity index (χ0) is 16.5. The van der Waals surface area contributed by atoms with Gasteiger partial charge in [-0.1, -0.05) is 52.7 Å². The first-order chi connectivity index (χ1) is 11.7. The van der Waals surface area contributed by atoms with Gasteiger partial charge in [0.25, 0.3) is 0 Å². The van der Waals surface area contributed by atoms with E-state index in [0.717, 1.165) is 43.4 Å². The second-order valence-corrected chi connectivity index (χ2v) is 7.80. The molecule has 0 unspecified atom stereocenters. The van der Waals surface area contributed by atoms with Crippen LogP contribution < -0.4 is 4.90 Å². The van der Waals surface area contributed by atoms with E-state index in [4.69, 9.17) is 28.2 Å². The van der Waals surface area contributed by atoms with Gasteiger partial charge in [-0.3, -0.25) is 4.90 Å². The van der Waals surface area contributed by atoms with E-state index in [1.165, 1.54) is 10.3 Å². The van der Waals surface area contributed by atoms with E-state index in [9.17, 15) is 0 Å². The van der Waals surface area contributed by atoms with Crippen LogP contribution in [0.15, 0.2) is 42.5 Å². The molecule has 0 aliphatic carbocycles. The Labute approximate surface area is 155 Å². The summed E-state index contributed by atoms with van der Waals surface area (Å²) in [6.45, 7) is 4.96. The summed E-state index contributed by atoms with van der Waals surface area (Å²) in [5, 5.41) is 2.37. The van der Waals surface area contributed by atoms with Crippen LogP contribution in [0.4, 0.5) is 5.13 Å². The molecule has 1 aliphatic rings. The fraction of sp³-hybridized carbons (Fsp3) is 0.278. The first-order valence-electron chi connectivity index (χ1n) is 7.96. The largest absolute Gasteiger partial charge is 0.345 e. The summed E-state index contributed by atoms with van der Waals surface area (Å²) >= 11 is 13.9. The third-order valence-electron chi connectivity index (χ3n) is 4.32. The number of aromatic nitrogens is 1. The van der Waals surface area contributed by atoms with Crippen molar-refractivity contribution < 1.29 is 0 Å². The van der Waals surface area contributed by atoms with Crippen molar-refractivity contribution in [3.8, 4) is 0 Å². The molecule has 0 atom stereocenters. The molecular formula is C18H17Cl2N3S. The van der Waals surface area contributed by atoms with Crippen LogP contribution >= 0.6 is 34.5 Å². The van der Waals surface area contributed by atoms with E-state index in [-0.39, 0.29) is 0 Å². The number of hydrogen-bond acceptors (Lipinski definition) is 4. The number of piperazine rings is 1. The summed E-state index contributed by atoms with van der Waals surface area (Å²) in [6.07, 6.45) is 0. The topological polar surface area (TPSA) is 19.4 Å². The molecule has 3 nitrogen and oxygen atoms in total. The van der Waals surface area contributed by atoms with Crippen molar-refractivity contribution in [1.29, 1.82) is 0 Å². The van der Waals surface area contributed by atoms with Crippen molar-refractivity contribution in [3.63, 3.8) is 0 Å². The number of hydrogen-bond donors (Lipinski definition) is 0. The highest BCUT2D eigenvalue weighted by Gasteiger charge is 2.20. The van der Waals surface area contributed by atoms with Crippen LogP contribution in [0.1, 0.15) is 5.56 Å². The highest BCUT2D eigenvalue weighted by molar-refractivity contribution is 7.22. The van der Waals surface area contributed by atoms with E-state index < -0.39 is 0 Å². The Morgan fingerprint density at radius 3 is 2.50 bits per heavy atom. The zero-order valence-electron chi connectivity index (χ0n) is 13.1. The predicted octanol–water partition coefficient (Wildman–Crippen LogP) is 4.93. The lowest BCUT2D eigenvalue weighted by Crippen LogP contribution is -2.45. The van der Waals surface area contributed by atoms with Gasteiger partial charge < -0.3 is 4.90 Å². The van der Waals surface area contributed by atoms with Crippen molar-refractivity contribution >= 4 is 49.9 Å². The summed E-state index contributed by atoms with van der Waals surface area (Å²) < 4.78 is 1.26. The summed E-state index contributed by atoms with van der Waals surface area (Å²) in [5.41, 5.74) is 2.30. The van der Waals surface area contributed by atoms with Gasteiger partial charge in [0.1, 0.15) is 0 Å². The second kappa shape index (κ2) is 6.89. The molecule has 24 heavy (non-hydrogen) atoms. The molecule has 3 aromatic rings. The highest BCUT2D eigenvalue weighted by Crippen LogP contribution is 2.29. The number of benzene rings is 2. The van der Waals surface area contributed by atoms with Gasteiger partial charge in [0, 0.05) is 32.7 Å². The lowest BCUT2D eigenvalue weighted by molar-refractivity contribution is 0.250. The summed E-state index contributed by atoms with van der Waals surface area (Å²) in [6, 6.07) is 14.2. The minimum atomic E-state index is 0.612. The maximum atomic E-state index is 6.11. The van der Waals surface area contributed by atoms with E-state index in [1.54, 1.807) is 11.3 Å². The molecule has 1 aromatic heterocycles. The number of anilines is 1. The Kier molecular flexibility index (Phi) is 4.63. The van der Waals surface area contributed by atoms with Crippen molar-refractivity contribution in [2.24, 2.45) is 0 Å². The second-order valence-electron chi connectivity index (χ2n) is 5.98. The van der Waals surface area contributed by atoms with E-state index >= 15 is 0 Å². The van der Waals surface area contributed by atoms with Gasteiger partial charge in [0.15, 0.2) is 5.13 Å². The maximum Gasteiger partial charge on any atom is 0.186 e. The Hall–Kier alpha value is -1.33. The van der Waals surface area contributed by atoms with E-state index in [0.29, 0.717) is 10.0 Å². The number of thiazole rings is 1. The van der Waals surface area contributed by atoms with Crippen molar-refractivity contribution in [2.45, 2.75) is 6.54 Å². The fourth-order valence-electron chi connectivity index (χ4n) is 2.99. The monoisotopic (exact) mass is 377 g/mol. The van der Waals surface area contributed by atoms with Crippen LogP contribution in [0.2, 0.25) is 10.0 Å². The van der Waals surface area contributed by atoms with Gasteiger partial charge in [-0.25, -0.2) is 4.98 Å². The SMILES string of the molecule is Clc1ccc(CN2CCN(c3nc4ccccc4s3)CC2)cc1Cl. The molecule has 0 bridgehead atoms. The number of para-hydroxylation sites is 1. The molecule has 1 saturated heterocycles. The average molecular weight is 378 g/mol. The Morgan fingerprint density at radius 1 is 0.958 bits per heavy atom. The molecule has 6 heteroatoms. The van der Waals surface area contributed by atoms with Gasteiger partial charge >= 0.3 is 0 Å². The van der Waals surface area contributed by atoms with Gasteiger partial charge in [0.05, 0.1) is 20.3 Å². The molecule has 0 saturated carbocycles. The predicted molar refractivity (Wildman–Crippen MR) is 104 cm³/mol. The highest BCUT2D eigenvalue weighted by atomic mass is 35.5. The quantitative estimate of drug-likeness (QED) is 0.645. The zero-order valence-corrected chi connectivity index (χ0v) is 15.4. The lowest BCUT2D eigenvalue weighted by Gasteiger charge is -2.34. The van der Waals surface area contributed by atoms with E-state index in [1.807, 2.05) is 24.3 Å². The third-order valence-corrected chi connectivity index (χ3v) is 6.15. The molecule has 0 radical (unpaired) electrons. The van der Waals surface area contributed by atoms with Crippen LogP contribution in [-0.4, -0.2) is 36.1 Å². The van der Waals surface area contributed by atoms with Crippen molar-refractivity contribution in [1.82, 2.24) is 9.88 Å².